The van der Waals surface area contributed by atoms with Gasteiger partial charge in [0, 0.05) is 16.6 Å². The molecule has 1 saturated heterocycles. The standard InChI is InChI=1S/C23H24N4OS/c1-28-17-10-8-16(9-11-17)19(14-27-12-4-5-13-27)26-22-21-18-6-2-3-7-20(18)29-23(21)25-15-24-22/h2-3,6-11,15,19H,4-5,12-14H2,1H3,(H,24,25,26). The van der Waals surface area contributed by atoms with Gasteiger partial charge in [-0.3, -0.25) is 0 Å². The van der Waals surface area contributed by atoms with E-state index in [0.717, 1.165) is 41.4 Å². The Kier molecular flexibility index (Phi) is 5.04. The van der Waals surface area contributed by atoms with Crippen molar-refractivity contribution in [3.05, 3.63) is 60.4 Å². The first-order chi connectivity index (χ1) is 14.3. The minimum atomic E-state index is 0.149. The van der Waals surface area contributed by atoms with Gasteiger partial charge in [0.2, 0.25) is 0 Å². The van der Waals surface area contributed by atoms with Gasteiger partial charge in [-0.25, -0.2) is 9.97 Å². The van der Waals surface area contributed by atoms with Gasteiger partial charge in [-0.15, -0.1) is 11.3 Å². The summed E-state index contributed by atoms with van der Waals surface area (Å²) in [6, 6.07) is 17.0. The van der Waals surface area contributed by atoms with Crippen LogP contribution in [0.2, 0.25) is 0 Å². The molecule has 0 saturated carbocycles. The Labute approximate surface area is 174 Å². The average molecular weight is 405 g/mol. The van der Waals surface area contributed by atoms with E-state index in [1.54, 1.807) is 24.8 Å². The number of thiophene rings is 1. The molecule has 0 aliphatic carbocycles. The molecule has 0 bridgehead atoms. The zero-order chi connectivity index (χ0) is 19.6. The van der Waals surface area contributed by atoms with Crippen molar-refractivity contribution in [1.29, 1.82) is 0 Å². The second-order valence-corrected chi connectivity index (χ2v) is 8.51. The summed E-state index contributed by atoms with van der Waals surface area (Å²) in [6.07, 6.45) is 4.23. The van der Waals surface area contributed by atoms with Crippen LogP contribution in [-0.4, -0.2) is 41.6 Å². The molecule has 6 heteroatoms. The predicted octanol–water partition coefficient (Wildman–Crippen LogP) is 5.10. The number of hydrogen-bond acceptors (Lipinski definition) is 6. The van der Waals surface area contributed by atoms with Gasteiger partial charge in [0.25, 0.3) is 0 Å². The largest absolute Gasteiger partial charge is 0.497 e. The number of benzene rings is 2. The number of anilines is 1. The van der Waals surface area contributed by atoms with E-state index in [1.165, 1.54) is 28.5 Å². The monoisotopic (exact) mass is 404 g/mol. The molecular weight excluding hydrogens is 380 g/mol. The van der Waals surface area contributed by atoms with Gasteiger partial charge >= 0.3 is 0 Å². The molecule has 1 aliphatic heterocycles. The molecule has 5 rings (SSSR count). The highest BCUT2D eigenvalue weighted by Crippen LogP contribution is 2.37. The van der Waals surface area contributed by atoms with E-state index < -0.39 is 0 Å². The third-order valence-corrected chi connectivity index (χ3v) is 6.72. The number of hydrogen-bond donors (Lipinski definition) is 1. The summed E-state index contributed by atoms with van der Waals surface area (Å²) in [5, 5.41) is 6.09. The molecule has 2 aromatic heterocycles. The Balaban J connectivity index is 1.54. The van der Waals surface area contributed by atoms with Gasteiger partial charge < -0.3 is 15.0 Å². The highest BCUT2D eigenvalue weighted by Gasteiger charge is 2.21. The van der Waals surface area contributed by atoms with Crippen molar-refractivity contribution in [2.75, 3.05) is 32.1 Å². The van der Waals surface area contributed by atoms with E-state index in [9.17, 15) is 0 Å². The molecule has 0 spiro atoms. The molecule has 1 N–H and O–H groups in total. The molecule has 5 nitrogen and oxygen atoms in total. The van der Waals surface area contributed by atoms with E-state index in [-0.39, 0.29) is 6.04 Å². The number of aromatic nitrogens is 2. The van der Waals surface area contributed by atoms with E-state index >= 15 is 0 Å². The molecule has 148 valence electrons. The van der Waals surface area contributed by atoms with Crippen LogP contribution >= 0.6 is 11.3 Å². The normalized spacial score (nSPS) is 15.8. The van der Waals surface area contributed by atoms with Crippen LogP contribution in [-0.2, 0) is 0 Å². The summed E-state index contributed by atoms with van der Waals surface area (Å²) < 4.78 is 6.59. The Morgan fingerprint density at radius 3 is 2.66 bits per heavy atom. The fourth-order valence-electron chi connectivity index (χ4n) is 4.12. The summed E-state index contributed by atoms with van der Waals surface area (Å²) in [6.45, 7) is 3.28. The number of nitrogens with one attached hydrogen (secondary N) is 1. The van der Waals surface area contributed by atoms with E-state index in [4.69, 9.17) is 4.74 Å². The smallest absolute Gasteiger partial charge is 0.139 e. The molecule has 29 heavy (non-hydrogen) atoms. The summed E-state index contributed by atoms with van der Waals surface area (Å²) in [4.78, 5) is 12.7. The van der Waals surface area contributed by atoms with E-state index in [2.05, 4.69) is 56.6 Å². The van der Waals surface area contributed by atoms with Crippen molar-refractivity contribution in [2.45, 2.75) is 18.9 Å². The van der Waals surface area contributed by atoms with Crippen LogP contribution in [0.1, 0.15) is 24.4 Å². The van der Waals surface area contributed by atoms with Gasteiger partial charge in [-0.1, -0.05) is 30.3 Å². The third kappa shape index (κ3) is 3.66. The number of nitrogens with zero attached hydrogens (tertiary/aromatic N) is 3. The Bertz CT molecular complexity index is 1120. The molecule has 2 aromatic carbocycles. The van der Waals surface area contributed by atoms with Crippen LogP contribution in [0.15, 0.2) is 54.9 Å². The highest BCUT2D eigenvalue weighted by molar-refractivity contribution is 7.25. The van der Waals surface area contributed by atoms with Crippen molar-refractivity contribution in [1.82, 2.24) is 14.9 Å². The number of ether oxygens (including phenoxy) is 1. The minimum absolute atomic E-state index is 0.149. The molecule has 1 atom stereocenters. The summed E-state index contributed by atoms with van der Waals surface area (Å²) >= 11 is 1.72. The van der Waals surface area contributed by atoms with Crippen molar-refractivity contribution < 1.29 is 4.74 Å². The first-order valence-corrected chi connectivity index (χ1v) is 10.9. The van der Waals surface area contributed by atoms with Gasteiger partial charge in [-0.05, 0) is 49.7 Å². The number of methoxy groups -OCH3 is 1. The molecule has 0 amide bonds. The van der Waals surface area contributed by atoms with Crippen LogP contribution in [0.4, 0.5) is 5.82 Å². The predicted molar refractivity (Wildman–Crippen MR) is 120 cm³/mol. The number of fused-ring (bicyclic) bond motifs is 3. The maximum atomic E-state index is 5.35. The first-order valence-electron chi connectivity index (χ1n) is 10.1. The van der Waals surface area contributed by atoms with Gasteiger partial charge in [0.05, 0.1) is 18.5 Å². The Morgan fingerprint density at radius 2 is 1.86 bits per heavy atom. The molecule has 3 heterocycles. The lowest BCUT2D eigenvalue weighted by molar-refractivity contribution is 0.323. The van der Waals surface area contributed by atoms with Crippen LogP contribution < -0.4 is 10.1 Å². The third-order valence-electron chi connectivity index (χ3n) is 5.64. The van der Waals surface area contributed by atoms with Crippen LogP contribution in [0, 0.1) is 0 Å². The minimum Gasteiger partial charge on any atom is -0.497 e. The summed E-state index contributed by atoms with van der Waals surface area (Å²) in [7, 11) is 1.70. The summed E-state index contributed by atoms with van der Waals surface area (Å²) in [5.74, 6) is 1.79. The average Bonchev–Trinajstić information content (AvgIpc) is 3.41. The fourth-order valence-corrected chi connectivity index (χ4v) is 5.17. The van der Waals surface area contributed by atoms with Crippen LogP contribution in [0.5, 0.6) is 5.75 Å². The molecule has 0 radical (unpaired) electrons. The van der Waals surface area contributed by atoms with Crippen LogP contribution in [0.3, 0.4) is 0 Å². The SMILES string of the molecule is COc1ccc(C(CN2CCCC2)Nc2ncnc3sc4ccccc4c23)cc1. The quantitative estimate of drug-likeness (QED) is 0.484. The topological polar surface area (TPSA) is 50.3 Å². The van der Waals surface area contributed by atoms with E-state index in [1.807, 2.05) is 12.1 Å². The van der Waals surface area contributed by atoms with Crippen LogP contribution in [0.25, 0.3) is 20.3 Å². The molecule has 1 aliphatic rings. The number of rotatable bonds is 6. The number of likely N-dealkylation sites (tertiary alicyclic amines) is 1. The first kappa shape index (κ1) is 18.3. The molecular formula is C23H24N4OS. The molecule has 1 fully saturated rings. The van der Waals surface area contributed by atoms with Gasteiger partial charge in [0.15, 0.2) is 0 Å². The lowest BCUT2D eigenvalue weighted by atomic mass is 10.1. The van der Waals surface area contributed by atoms with Crippen molar-refractivity contribution >= 4 is 37.5 Å². The Hall–Kier alpha value is -2.70. The highest BCUT2D eigenvalue weighted by atomic mass is 32.1. The molecule has 4 aromatic rings. The van der Waals surface area contributed by atoms with E-state index in [0.29, 0.717) is 0 Å². The van der Waals surface area contributed by atoms with Crippen molar-refractivity contribution in [3.63, 3.8) is 0 Å². The fraction of sp³-hybridized carbons (Fsp3) is 0.304. The zero-order valence-electron chi connectivity index (χ0n) is 16.5. The van der Waals surface area contributed by atoms with Gasteiger partial charge in [-0.2, -0.15) is 0 Å². The lowest BCUT2D eigenvalue weighted by Gasteiger charge is -2.25. The zero-order valence-corrected chi connectivity index (χ0v) is 17.3. The van der Waals surface area contributed by atoms with Gasteiger partial charge in [0.1, 0.15) is 22.7 Å². The maximum absolute atomic E-state index is 5.35. The Morgan fingerprint density at radius 1 is 1.07 bits per heavy atom. The van der Waals surface area contributed by atoms with Crippen molar-refractivity contribution in [2.24, 2.45) is 0 Å². The second kappa shape index (κ2) is 7.97. The maximum Gasteiger partial charge on any atom is 0.139 e. The summed E-state index contributed by atoms with van der Waals surface area (Å²) in [5.41, 5.74) is 1.24. The van der Waals surface area contributed by atoms with Crippen molar-refractivity contribution in [3.8, 4) is 5.75 Å². The lowest BCUT2D eigenvalue weighted by Crippen LogP contribution is -2.29. The second-order valence-electron chi connectivity index (χ2n) is 7.48. The molecule has 1 unspecified atom stereocenters.